The van der Waals surface area contributed by atoms with Gasteiger partial charge in [-0.15, -0.1) is 0 Å². The predicted molar refractivity (Wildman–Crippen MR) is 73.7 cm³/mol. The standard InChI is InChI=1S/C15H28N2O/c1-16-14-12-18-11-13(14)10-17-8-6-15(7-9-17)4-2-3-5-15/h13-14,16H,2-12H2,1H3. The maximum atomic E-state index is 5.61. The quantitative estimate of drug-likeness (QED) is 0.830. The van der Waals surface area contributed by atoms with E-state index in [1.165, 1.54) is 58.2 Å². The van der Waals surface area contributed by atoms with E-state index in [1.807, 2.05) is 0 Å². The van der Waals surface area contributed by atoms with Gasteiger partial charge in [-0.25, -0.2) is 0 Å². The summed E-state index contributed by atoms with van der Waals surface area (Å²) in [6.45, 7) is 5.74. The Morgan fingerprint density at radius 2 is 1.83 bits per heavy atom. The lowest BCUT2D eigenvalue weighted by Gasteiger charge is -2.40. The van der Waals surface area contributed by atoms with E-state index in [0.29, 0.717) is 12.0 Å². The Kier molecular flexibility index (Phi) is 3.92. The van der Waals surface area contributed by atoms with Crippen LogP contribution in [0.1, 0.15) is 38.5 Å². The molecule has 1 N–H and O–H groups in total. The van der Waals surface area contributed by atoms with E-state index in [1.54, 1.807) is 0 Å². The Morgan fingerprint density at radius 3 is 2.50 bits per heavy atom. The molecular formula is C15H28N2O. The molecule has 0 aromatic heterocycles. The van der Waals surface area contributed by atoms with Crippen LogP contribution >= 0.6 is 0 Å². The van der Waals surface area contributed by atoms with Crippen LogP contribution in [0, 0.1) is 11.3 Å². The predicted octanol–water partition coefficient (Wildman–Crippen LogP) is 1.88. The van der Waals surface area contributed by atoms with Gasteiger partial charge in [-0.05, 0) is 51.2 Å². The molecule has 2 saturated heterocycles. The van der Waals surface area contributed by atoms with Crippen LogP contribution in [0.2, 0.25) is 0 Å². The molecule has 2 atom stereocenters. The molecule has 0 amide bonds. The van der Waals surface area contributed by atoms with Gasteiger partial charge in [0.1, 0.15) is 0 Å². The summed E-state index contributed by atoms with van der Waals surface area (Å²) in [5.41, 5.74) is 0.755. The van der Waals surface area contributed by atoms with Gasteiger partial charge in [-0.1, -0.05) is 12.8 Å². The fourth-order valence-electron chi connectivity index (χ4n) is 4.26. The molecule has 104 valence electrons. The van der Waals surface area contributed by atoms with E-state index >= 15 is 0 Å². The molecular weight excluding hydrogens is 224 g/mol. The minimum atomic E-state index is 0.576. The Hall–Kier alpha value is -0.120. The molecule has 3 heteroatoms. The summed E-state index contributed by atoms with van der Waals surface area (Å²) in [6.07, 6.45) is 8.88. The first-order valence-electron chi connectivity index (χ1n) is 7.79. The van der Waals surface area contributed by atoms with E-state index in [2.05, 4.69) is 17.3 Å². The van der Waals surface area contributed by atoms with Crippen molar-refractivity contribution in [2.45, 2.75) is 44.6 Å². The van der Waals surface area contributed by atoms with Crippen molar-refractivity contribution < 1.29 is 4.74 Å². The molecule has 1 spiro atoms. The summed E-state index contributed by atoms with van der Waals surface area (Å²) in [5.74, 6) is 0.702. The van der Waals surface area contributed by atoms with Crippen molar-refractivity contribution in [1.82, 2.24) is 10.2 Å². The molecule has 1 saturated carbocycles. The smallest absolute Gasteiger partial charge is 0.0623 e. The zero-order valence-electron chi connectivity index (χ0n) is 11.8. The second kappa shape index (κ2) is 5.48. The number of rotatable bonds is 3. The van der Waals surface area contributed by atoms with Crippen LogP contribution in [0.25, 0.3) is 0 Å². The Balaban J connectivity index is 1.48. The van der Waals surface area contributed by atoms with Crippen molar-refractivity contribution in [1.29, 1.82) is 0 Å². The van der Waals surface area contributed by atoms with Crippen molar-refractivity contribution in [3.8, 4) is 0 Å². The zero-order chi connectivity index (χ0) is 12.4. The third kappa shape index (κ3) is 2.59. The van der Waals surface area contributed by atoms with E-state index in [4.69, 9.17) is 4.74 Å². The molecule has 0 bridgehead atoms. The number of nitrogens with zero attached hydrogens (tertiary/aromatic N) is 1. The first kappa shape index (κ1) is 12.9. The third-order valence-electron chi connectivity index (χ3n) is 5.64. The lowest BCUT2D eigenvalue weighted by atomic mass is 9.77. The highest BCUT2D eigenvalue weighted by atomic mass is 16.5. The molecule has 3 nitrogen and oxygen atoms in total. The molecule has 3 aliphatic rings. The van der Waals surface area contributed by atoms with Gasteiger partial charge in [-0.3, -0.25) is 0 Å². The summed E-state index contributed by atoms with van der Waals surface area (Å²) < 4.78 is 5.61. The normalized spacial score (nSPS) is 36.5. The van der Waals surface area contributed by atoms with Gasteiger partial charge in [0.2, 0.25) is 0 Å². The highest BCUT2D eigenvalue weighted by Crippen LogP contribution is 2.46. The monoisotopic (exact) mass is 252 g/mol. The molecule has 3 rings (SSSR count). The minimum Gasteiger partial charge on any atom is -0.379 e. The molecule has 2 heterocycles. The van der Waals surface area contributed by atoms with Crippen LogP contribution in [-0.4, -0.2) is 50.8 Å². The van der Waals surface area contributed by atoms with Crippen LogP contribution in [0.3, 0.4) is 0 Å². The van der Waals surface area contributed by atoms with Crippen LogP contribution in [-0.2, 0) is 4.74 Å². The molecule has 0 radical (unpaired) electrons. The van der Waals surface area contributed by atoms with Gasteiger partial charge in [0, 0.05) is 18.5 Å². The fraction of sp³-hybridized carbons (Fsp3) is 1.00. The molecule has 0 aromatic carbocycles. The molecule has 18 heavy (non-hydrogen) atoms. The summed E-state index contributed by atoms with van der Waals surface area (Å²) >= 11 is 0. The largest absolute Gasteiger partial charge is 0.379 e. The van der Waals surface area contributed by atoms with Crippen LogP contribution in [0.15, 0.2) is 0 Å². The summed E-state index contributed by atoms with van der Waals surface area (Å²) in [7, 11) is 2.07. The number of piperidine rings is 1. The summed E-state index contributed by atoms with van der Waals surface area (Å²) in [4.78, 5) is 2.69. The Bertz CT molecular complexity index is 266. The lowest BCUT2D eigenvalue weighted by molar-refractivity contribution is 0.0899. The van der Waals surface area contributed by atoms with Gasteiger partial charge in [-0.2, -0.15) is 0 Å². The number of likely N-dealkylation sites (N-methyl/N-ethyl adjacent to an activating group) is 1. The number of nitrogens with one attached hydrogen (secondary N) is 1. The first-order valence-corrected chi connectivity index (χ1v) is 7.79. The summed E-state index contributed by atoms with van der Waals surface area (Å²) in [6, 6.07) is 0.576. The van der Waals surface area contributed by atoms with Gasteiger partial charge >= 0.3 is 0 Å². The van der Waals surface area contributed by atoms with E-state index in [0.717, 1.165) is 18.6 Å². The maximum absolute atomic E-state index is 5.61. The molecule has 1 aliphatic carbocycles. The SMILES string of the molecule is CNC1COCC1CN1CCC2(CCCC2)CC1. The second-order valence-corrected chi connectivity index (χ2v) is 6.70. The number of hydrogen-bond donors (Lipinski definition) is 1. The van der Waals surface area contributed by atoms with Crippen LogP contribution < -0.4 is 5.32 Å². The highest BCUT2D eigenvalue weighted by Gasteiger charge is 2.38. The van der Waals surface area contributed by atoms with Gasteiger partial charge in [0.25, 0.3) is 0 Å². The first-order chi connectivity index (χ1) is 8.81. The molecule has 0 aromatic rings. The number of ether oxygens (including phenoxy) is 1. The van der Waals surface area contributed by atoms with E-state index in [-0.39, 0.29) is 0 Å². The Labute approximate surface area is 111 Å². The minimum absolute atomic E-state index is 0.576. The molecule has 3 fully saturated rings. The van der Waals surface area contributed by atoms with Gasteiger partial charge < -0.3 is 15.0 Å². The summed E-state index contributed by atoms with van der Waals surface area (Å²) in [5, 5.41) is 3.40. The van der Waals surface area contributed by atoms with Gasteiger partial charge in [0.05, 0.1) is 13.2 Å². The zero-order valence-corrected chi connectivity index (χ0v) is 11.8. The molecule has 2 unspecified atom stereocenters. The maximum Gasteiger partial charge on any atom is 0.0623 e. The van der Waals surface area contributed by atoms with Gasteiger partial charge in [0.15, 0.2) is 0 Å². The van der Waals surface area contributed by atoms with Crippen LogP contribution in [0.5, 0.6) is 0 Å². The third-order valence-corrected chi connectivity index (χ3v) is 5.64. The average Bonchev–Trinajstić information content (AvgIpc) is 3.02. The van der Waals surface area contributed by atoms with E-state index < -0.39 is 0 Å². The van der Waals surface area contributed by atoms with Crippen molar-refractivity contribution in [2.75, 3.05) is 39.9 Å². The fourth-order valence-corrected chi connectivity index (χ4v) is 4.26. The van der Waals surface area contributed by atoms with Crippen molar-refractivity contribution in [3.63, 3.8) is 0 Å². The number of hydrogen-bond acceptors (Lipinski definition) is 3. The molecule has 2 aliphatic heterocycles. The topological polar surface area (TPSA) is 24.5 Å². The highest BCUT2D eigenvalue weighted by molar-refractivity contribution is 4.91. The number of likely N-dealkylation sites (tertiary alicyclic amines) is 1. The second-order valence-electron chi connectivity index (χ2n) is 6.70. The van der Waals surface area contributed by atoms with E-state index in [9.17, 15) is 0 Å². The Morgan fingerprint density at radius 1 is 1.11 bits per heavy atom. The van der Waals surface area contributed by atoms with Crippen LogP contribution in [0.4, 0.5) is 0 Å². The van der Waals surface area contributed by atoms with Crippen molar-refractivity contribution in [3.05, 3.63) is 0 Å². The average molecular weight is 252 g/mol. The van der Waals surface area contributed by atoms with Crippen molar-refractivity contribution in [2.24, 2.45) is 11.3 Å². The lowest BCUT2D eigenvalue weighted by Crippen LogP contribution is -2.45. The van der Waals surface area contributed by atoms with Crippen molar-refractivity contribution >= 4 is 0 Å².